The van der Waals surface area contributed by atoms with E-state index in [1.54, 1.807) is 30.3 Å². The van der Waals surface area contributed by atoms with Crippen molar-refractivity contribution in [1.29, 1.82) is 0 Å². The third-order valence-electron chi connectivity index (χ3n) is 2.70. The lowest BCUT2D eigenvalue weighted by Gasteiger charge is -2.10. The first kappa shape index (κ1) is 14.7. The first-order valence-corrected chi connectivity index (χ1v) is 6.90. The molecule has 0 heterocycles. The standard InChI is InChI=1S/C14H12BrClN2O2/c1-8-6-10(3-4-11(8)14(17)18-19)20-13-5-2-9(16)7-12(13)15/h2-7,19H,1H3,(H2,17,18). The Hall–Kier alpha value is -1.72. The van der Waals surface area contributed by atoms with Crippen molar-refractivity contribution in [2.75, 3.05) is 0 Å². The number of halogens is 2. The van der Waals surface area contributed by atoms with Crippen LogP contribution in [0.2, 0.25) is 5.02 Å². The highest BCUT2D eigenvalue weighted by atomic mass is 79.9. The van der Waals surface area contributed by atoms with Crippen molar-refractivity contribution in [3.05, 3.63) is 57.0 Å². The van der Waals surface area contributed by atoms with Crippen LogP contribution in [0.1, 0.15) is 11.1 Å². The van der Waals surface area contributed by atoms with Gasteiger partial charge < -0.3 is 15.7 Å². The van der Waals surface area contributed by atoms with E-state index in [4.69, 9.17) is 27.3 Å². The Morgan fingerprint density at radius 3 is 2.65 bits per heavy atom. The van der Waals surface area contributed by atoms with E-state index in [1.165, 1.54) is 0 Å². The van der Waals surface area contributed by atoms with Crippen LogP contribution in [0.5, 0.6) is 11.5 Å². The minimum absolute atomic E-state index is 0.0710. The summed E-state index contributed by atoms with van der Waals surface area (Å²) in [6.07, 6.45) is 0. The van der Waals surface area contributed by atoms with Crippen LogP contribution in [0.3, 0.4) is 0 Å². The Balaban J connectivity index is 2.29. The van der Waals surface area contributed by atoms with Gasteiger partial charge in [0.2, 0.25) is 0 Å². The van der Waals surface area contributed by atoms with Crippen molar-refractivity contribution in [1.82, 2.24) is 0 Å². The lowest BCUT2D eigenvalue weighted by Crippen LogP contribution is -2.14. The zero-order chi connectivity index (χ0) is 14.7. The van der Waals surface area contributed by atoms with Gasteiger partial charge in [0.05, 0.1) is 4.47 Å². The molecular weight excluding hydrogens is 344 g/mol. The molecule has 0 amide bonds. The molecule has 0 bridgehead atoms. The lowest BCUT2D eigenvalue weighted by molar-refractivity contribution is 0.318. The van der Waals surface area contributed by atoms with E-state index in [9.17, 15) is 0 Å². The van der Waals surface area contributed by atoms with Crippen molar-refractivity contribution in [2.24, 2.45) is 10.9 Å². The van der Waals surface area contributed by atoms with Crippen molar-refractivity contribution >= 4 is 33.4 Å². The third kappa shape index (κ3) is 3.23. The maximum Gasteiger partial charge on any atom is 0.170 e. The van der Waals surface area contributed by atoms with Gasteiger partial charge in [-0.2, -0.15) is 0 Å². The number of aryl methyl sites for hydroxylation is 1. The highest BCUT2D eigenvalue weighted by molar-refractivity contribution is 9.10. The van der Waals surface area contributed by atoms with Crippen LogP contribution in [-0.4, -0.2) is 11.0 Å². The smallest absolute Gasteiger partial charge is 0.170 e. The second-order valence-corrected chi connectivity index (χ2v) is 5.43. The minimum atomic E-state index is 0.0710. The number of hydrogen-bond acceptors (Lipinski definition) is 3. The molecule has 104 valence electrons. The van der Waals surface area contributed by atoms with Crippen molar-refractivity contribution < 1.29 is 9.94 Å². The molecule has 4 nitrogen and oxygen atoms in total. The zero-order valence-corrected chi connectivity index (χ0v) is 12.9. The van der Waals surface area contributed by atoms with Crippen LogP contribution in [0.4, 0.5) is 0 Å². The molecule has 0 unspecified atom stereocenters. The summed E-state index contributed by atoms with van der Waals surface area (Å²) in [4.78, 5) is 0. The summed E-state index contributed by atoms with van der Waals surface area (Å²) < 4.78 is 6.53. The van der Waals surface area contributed by atoms with Crippen LogP contribution in [0.25, 0.3) is 0 Å². The summed E-state index contributed by atoms with van der Waals surface area (Å²) in [5.74, 6) is 1.38. The van der Waals surface area contributed by atoms with E-state index in [0.29, 0.717) is 22.1 Å². The van der Waals surface area contributed by atoms with Crippen LogP contribution in [0.15, 0.2) is 46.0 Å². The maximum absolute atomic E-state index is 8.69. The number of benzene rings is 2. The van der Waals surface area contributed by atoms with E-state index in [1.807, 2.05) is 13.0 Å². The predicted molar refractivity (Wildman–Crippen MR) is 82.9 cm³/mol. The average molecular weight is 356 g/mol. The van der Waals surface area contributed by atoms with Gasteiger partial charge in [0.15, 0.2) is 5.84 Å². The highest BCUT2D eigenvalue weighted by Gasteiger charge is 2.07. The Kier molecular flexibility index (Phi) is 4.52. The normalized spacial score (nSPS) is 11.4. The van der Waals surface area contributed by atoms with Gasteiger partial charge in [-0.3, -0.25) is 0 Å². The molecule has 0 aromatic heterocycles. The van der Waals surface area contributed by atoms with E-state index < -0.39 is 0 Å². The van der Waals surface area contributed by atoms with Crippen molar-refractivity contribution in [2.45, 2.75) is 6.92 Å². The van der Waals surface area contributed by atoms with Crippen molar-refractivity contribution in [3.8, 4) is 11.5 Å². The molecule has 0 aliphatic heterocycles. The Morgan fingerprint density at radius 1 is 1.30 bits per heavy atom. The van der Waals surface area contributed by atoms with Gasteiger partial charge in [-0.1, -0.05) is 16.8 Å². The number of rotatable bonds is 3. The van der Waals surface area contributed by atoms with Gasteiger partial charge in [0.1, 0.15) is 11.5 Å². The Bertz CT molecular complexity index is 674. The number of ether oxygens (including phenoxy) is 1. The summed E-state index contributed by atoms with van der Waals surface area (Å²) >= 11 is 9.27. The van der Waals surface area contributed by atoms with Crippen LogP contribution < -0.4 is 10.5 Å². The molecule has 0 atom stereocenters. The third-order valence-corrected chi connectivity index (χ3v) is 3.56. The SMILES string of the molecule is Cc1cc(Oc2ccc(Cl)cc2Br)ccc1/C(N)=N/O. The molecule has 3 N–H and O–H groups in total. The fourth-order valence-electron chi connectivity index (χ4n) is 1.73. The molecule has 2 aromatic rings. The minimum Gasteiger partial charge on any atom is -0.456 e. The number of nitrogens with zero attached hydrogens (tertiary/aromatic N) is 1. The number of amidine groups is 1. The number of hydrogen-bond donors (Lipinski definition) is 2. The fraction of sp³-hybridized carbons (Fsp3) is 0.0714. The molecular formula is C14H12BrClN2O2. The summed E-state index contributed by atoms with van der Waals surface area (Å²) in [7, 11) is 0. The molecule has 0 aliphatic carbocycles. The first-order valence-electron chi connectivity index (χ1n) is 5.72. The average Bonchev–Trinajstić information content (AvgIpc) is 2.41. The van der Waals surface area contributed by atoms with Gasteiger partial charge in [0.25, 0.3) is 0 Å². The Labute approximate surface area is 129 Å². The quantitative estimate of drug-likeness (QED) is 0.373. The second-order valence-electron chi connectivity index (χ2n) is 4.14. The molecule has 0 saturated heterocycles. The van der Waals surface area contributed by atoms with E-state index in [-0.39, 0.29) is 5.84 Å². The summed E-state index contributed by atoms with van der Waals surface area (Å²) in [6.45, 7) is 1.86. The Morgan fingerprint density at radius 2 is 2.05 bits per heavy atom. The highest BCUT2D eigenvalue weighted by Crippen LogP contribution is 2.32. The first-order chi connectivity index (χ1) is 9.51. The number of oxime groups is 1. The molecule has 0 saturated carbocycles. The van der Waals surface area contributed by atoms with Gasteiger partial charge in [-0.25, -0.2) is 0 Å². The summed E-state index contributed by atoms with van der Waals surface area (Å²) in [6, 6.07) is 10.6. The number of nitrogens with two attached hydrogens (primary N) is 1. The van der Waals surface area contributed by atoms with Crippen LogP contribution in [-0.2, 0) is 0 Å². The molecule has 2 rings (SSSR count). The predicted octanol–water partition coefficient (Wildman–Crippen LogP) is 4.30. The lowest BCUT2D eigenvalue weighted by atomic mass is 10.1. The van der Waals surface area contributed by atoms with Crippen molar-refractivity contribution in [3.63, 3.8) is 0 Å². The largest absolute Gasteiger partial charge is 0.456 e. The molecule has 0 fully saturated rings. The molecule has 0 aliphatic rings. The van der Waals surface area contributed by atoms with Gasteiger partial charge in [-0.05, 0) is 64.8 Å². The molecule has 0 spiro atoms. The van der Waals surface area contributed by atoms with Crippen LogP contribution in [0, 0.1) is 6.92 Å². The zero-order valence-electron chi connectivity index (χ0n) is 10.6. The maximum atomic E-state index is 8.69. The van der Waals surface area contributed by atoms with E-state index in [2.05, 4.69) is 21.1 Å². The topological polar surface area (TPSA) is 67.8 Å². The van der Waals surface area contributed by atoms with Crippen LogP contribution >= 0.6 is 27.5 Å². The van der Waals surface area contributed by atoms with Gasteiger partial charge in [0, 0.05) is 10.6 Å². The van der Waals surface area contributed by atoms with Gasteiger partial charge >= 0.3 is 0 Å². The van der Waals surface area contributed by atoms with Gasteiger partial charge in [-0.15, -0.1) is 0 Å². The van der Waals surface area contributed by atoms with E-state index >= 15 is 0 Å². The molecule has 0 radical (unpaired) electrons. The molecule has 2 aromatic carbocycles. The fourth-order valence-corrected chi connectivity index (χ4v) is 2.49. The second kappa shape index (κ2) is 6.15. The summed E-state index contributed by atoms with van der Waals surface area (Å²) in [5.41, 5.74) is 7.09. The molecule has 6 heteroatoms. The molecule has 20 heavy (non-hydrogen) atoms. The van der Waals surface area contributed by atoms with E-state index in [0.717, 1.165) is 10.0 Å². The monoisotopic (exact) mass is 354 g/mol. The summed E-state index contributed by atoms with van der Waals surface area (Å²) in [5, 5.41) is 12.3.